The van der Waals surface area contributed by atoms with E-state index in [4.69, 9.17) is 9.72 Å². The molecule has 4 aromatic rings. The zero-order valence-electron chi connectivity index (χ0n) is 12.8. The van der Waals surface area contributed by atoms with Gasteiger partial charge in [-0.05, 0) is 17.3 Å². The van der Waals surface area contributed by atoms with Crippen molar-refractivity contribution in [2.24, 2.45) is 0 Å². The lowest BCUT2D eigenvalue weighted by atomic mass is 10.1. The van der Waals surface area contributed by atoms with Gasteiger partial charge in [-0.25, -0.2) is 15.0 Å². The van der Waals surface area contributed by atoms with E-state index in [2.05, 4.69) is 27.5 Å². The fourth-order valence-electron chi connectivity index (χ4n) is 2.39. The van der Waals surface area contributed by atoms with Gasteiger partial charge in [0.05, 0.1) is 5.39 Å². The molecule has 0 aliphatic rings. The number of thiophene rings is 1. The number of hydrogen-bond acceptors (Lipinski definition) is 7. The van der Waals surface area contributed by atoms with Crippen LogP contribution in [-0.2, 0) is 11.3 Å². The van der Waals surface area contributed by atoms with Gasteiger partial charge in [0.25, 0.3) is 0 Å². The Labute approximate surface area is 151 Å². The second kappa shape index (κ2) is 6.98. The maximum absolute atomic E-state index is 5.22. The lowest BCUT2D eigenvalue weighted by molar-refractivity contribution is 0.177. The van der Waals surface area contributed by atoms with E-state index in [0.29, 0.717) is 12.4 Å². The maximum Gasteiger partial charge on any atom is 0.156 e. The molecule has 0 bridgehead atoms. The zero-order chi connectivity index (χ0) is 16.4. The van der Waals surface area contributed by atoms with Gasteiger partial charge >= 0.3 is 0 Å². The first-order valence-corrected chi connectivity index (χ1v) is 9.82. The first-order valence-electron chi connectivity index (χ1n) is 7.25. The molecule has 0 saturated heterocycles. The van der Waals surface area contributed by atoms with Gasteiger partial charge in [0.2, 0.25) is 0 Å². The fourth-order valence-corrected chi connectivity index (χ4v) is 5.12. The Bertz CT molecular complexity index is 952. The van der Waals surface area contributed by atoms with E-state index in [1.807, 2.05) is 29.8 Å². The van der Waals surface area contributed by atoms with Crippen LogP contribution < -0.4 is 0 Å². The summed E-state index contributed by atoms with van der Waals surface area (Å²) >= 11 is 4.84. The Morgan fingerprint density at radius 2 is 2.00 bits per heavy atom. The minimum atomic E-state index is 0.403. The molecule has 0 unspecified atom stereocenters. The summed E-state index contributed by atoms with van der Waals surface area (Å²) in [5, 5.41) is 6.15. The van der Waals surface area contributed by atoms with E-state index < -0.39 is 0 Å². The number of benzene rings is 1. The summed E-state index contributed by atoms with van der Waals surface area (Å²) < 4.78 is 6.19. The molecule has 4 rings (SSSR count). The van der Waals surface area contributed by atoms with Crippen LogP contribution in [0.2, 0.25) is 0 Å². The summed E-state index contributed by atoms with van der Waals surface area (Å²) in [6.45, 7) is 0.403. The highest BCUT2D eigenvalue weighted by atomic mass is 32.2. The van der Waals surface area contributed by atoms with Crippen LogP contribution in [0.4, 0.5) is 0 Å². The van der Waals surface area contributed by atoms with E-state index >= 15 is 0 Å². The molecule has 0 spiro atoms. The molecule has 3 aromatic heterocycles. The van der Waals surface area contributed by atoms with Crippen molar-refractivity contribution in [2.75, 3.05) is 7.11 Å². The maximum atomic E-state index is 5.22. The van der Waals surface area contributed by atoms with E-state index in [0.717, 1.165) is 19.6 Å². The summed E-state index contributed by atoms with van der Waals surface area (Å²) in [4.78, 5) is 14.7. The van der Waals surface area contributed by atoms with Gasteiger partial charge in [-0.15, -0.1) is 22.7 Å². The van der Waals surface area contributed by atoms with Gasteiger partial charge in [-0.1, -0.05) is 30.3 Å². The number of hydrogen-bond donors (Lipinski definition) is 0. The predicted molar refractivity (Wildman–Crippen MR) is 99.8 cm³/mol. The van der Waals surface area contributed by atoms with Crippen molar-refractivity contribution in [3.05, 3.63) is 53.1 Å². The summed E-state index contributed by atoms with van der Waals surface area (Å²) in [7, 11) is 1.66. The largest absolute Gasteiger partial charge is 0.377 e. The Balaban J connectivity index is 1.90. The number of nitrogens with zero attached hydrogens (tertiary/aromatic N) is 3. The van der Waals surface area contributed by atoms with Crippen LogP contribution in [0.15, 0.2) is 56.7 Å². The van der Waals surface area contributed by atoms with Crippen molar-refractivity contribution in [2.45, 2.75) is 16.0 Å². The lowest BCUT2D eigenvalue weighted by Crippen LogP contribution is -1.98. The fraction of sp³-hybridized carbons (Fsp3) is 0.118. The minimum absolute atomic E-state index is 0.403. The Hall–Kier alpha value is -1.80. The van der Waals surface area contributed by atoms with Crippen LogP contribution in [0.5, 0.6) is 0 Å². The van der Waals surface area contributed by atoms with Crippen molar-refractivity contribution in [3.8, 4) is 11.1 Å². The first-order chi connectivity index (χ1) is 11.8. The third kappa shape index (κ3) is 3.08. The Kier molecular flexibility index (Phi) is 4.57. The van der Waals surface area contributed by atoms with Gasteiger partial charge in [0.15, 0.2) is 10.2 Å². The van der Waals surface area contributed by atoms with Crippen molar-refractivity contribution >= 4 is 44.7 Å². The quantitative estimate of drug-likeness (QED) is 0.456. The number of rotatable bonds is 5. The predicted octanol–water partition coefficient (Wildman–Crippen LogP) is 5.11. The molecular formula is C17H13N3OS3. The smallest absolute Gasteiger partial charge is 0.156 e. The SMILES string of the molecule is COCc1nc(Sc2nccs2)c2c(-c3ccccc3)csc2n1. The monoisotopic (exact) mass is 371 g/mol. The Morgan fingerprint density at radius 1 is 1.12 bits per heavy atom. The van der Waals surface area contributed by atoms with E-state index in [9.17, 15) is 0 Å². The van der Waals surface area contributed by atoms with Crippen LogP contribution >= 0.6 is 34.4 Å². The van der Waals surface area contributed by atoms with Crippen molar-refractivity contribution in [1.29, 1.82) is 0 Å². The molecule has 3 heterocycles. The molecule has 0 fully saturated rings. The molecule has 0 aliphatic carbocycles. The molecule has 0 saturated carbocycles. The van der Waals surface area contributed by atoms with E-state index in [1.54, 1.807) is 41.5 Å². The second-order valence-corrected chi connectivity index (χ2v) is 7.96. The summed E-state index contributed by atoms with van der Waals surface area (Å²) in [6.07, 6.45) is 1.81. The van der Waals surface area contributed by atoms with Crippen LogP contribution in [0.3, 0.4) is 0 Å². The second-order valence-electron chi connectivity index (χ2n) is 4.97. The molecule has 120 valence electrons. The average Bonchev–Trinajstić information content (AvgIpc) is 3.25. The lowest BCUT2D eigenvalue weighted by Gasteiger charge is -2.06. The van der Waals surface area contributed by atoms with E-state index in [1.165, 1.54) is 11.1 Å². The Morgan fingerprint density at radius 3 is 2.75 bits per heavy atom. The molecule has 0 radical (unpaired) electrons. The van der Waals surface area contributed by atoms with Crippen LogP contribution in [0.25, 0.3) is 21.3 Å². The van der Waals surface area contributed by atoms with E-state index in [-0.39, 0.29) is 0 Å². The van der Waals surface area contributed by atoms with Gasteiger partial charge in [-0.3, -0.25) is 0 Å². The summed E-state index contributed by atoms with van der Waals surface area (Å²) in [5.74, 6) is 0.700. The molecule has 4 nitrogen and oxygen atoms in total. The zero-order valence-corrected chi connectivity index (χ0v) is 15.3. The molecule has 0 aliphatic heterocycles. The molecule has 1 aromatic carbocycles. The number of aromatic nitrogens is 3. The highest BCUT2D eigenvalue weighted by molar-refractivity contribution is 8.01. The summed E-state index contributed by atoms with van der Waals surface area (Å²) in [6, 6.07) is 10.3. The standard InChI is InChI=1S/C17H13N3OS3/c1-21-9-13-19-15-14(16(20-13)24-17-18-7-8-22-17)12(10-23-15)11-5-3-2-4-6-11/h2-8,10H,9H2,1H3. The topological polar surface area (TPSA) is 47.9 Å². The van der Waals surface area contributed by atoms with Gasteiger partial charge in [0, 0.05) is 29.6 Å². The van der Waals surface area contributed by atoms with Crippen LogP contribution in [-0.4, -0.2) is 22.1 Å². The average molecular weight is 372 g/mol. The van der Waals surface area contributed by atoms with Crippen LogP contribution in [0, 0.1) is 0 Å². The normalized spacial score (nSPS) is 11.2. The third-order valence-electron chi connectivity index (χ3n) is 3.40. The molecular weight excluding hydrogens is 358 g/mol. The van der Waals surface area contributed by atoms with Crippen molar-refractivity contribution in [1.82, 2.24) is 15.0 Å². The van der Waals surface area contributed by atoms with Gasteiger partial charge in [-0.2, -0.15) is 0 Å². The summed E-state index contributed by atoms with van der Waals surface area (Å²) in [5.41, 5.74) is 2.34. The highest BCUT2D eigenvalue weighted by Crippen LogP contribution is 2.40. The minimum Gasteiger partial charge on any atom is -0.377 e. The molecule has 0 amide bonds. The number of ether oxygens (including phenoxy) is 1. The molecule has 0 atom stereocenters. The molecule has 24 heavy (non-hydrogen) atoms. The third-order valence-corrected chi connectivity index (χ3v) is 6.14. The van der Waals surface area contributed by atoms with Crippen molar-refractivity contribution < 1.29 is 4.74 Å². The number of methoxy groups -OCH3 is 1. The number of thiazole rings is 1. The highest BCUT2D eigenvalue weighted by Gasteiger charge is 2.17. The van der Waals surface area contributed by atoms with Gasteiger partial charge < -0.3 is 4.74 Å². The van der Waals surface area contributed by atoms with Crippen molar-refractivity contribution in [3.63, 3.8) is 0 Å². The molecule has 7 heteroatoms. The molecule has 0 N–H and O–H groups in total. The van der Waals surface area contributed by atoms with Gasteiger partial charge in [0.1, 0.15) is 16.5 Å². The van der Waals surface area contributed by atoms with Crippen LogP contribution in [0.1, 0.15) is 5.82 Å². The first kappa shape index (κ1) is 15.7. The number of fused-ring (bicyclic) bond motifs is 1.